The summed E-state index contributed by atoms with van der Waals surface area (Å²) in [7, 11) is 0. The summed E-state index contributed by atoms with van der Waals surface area (Å²) in [5.74, 6) is -2.64. The van der Waals surface area contributed by atoms with Gasteiger partial charge < -0.3 is 10.2 Å². The summed E-state index contributed by atoms with van der Waals surface area (Å²) in [6, 6.07) is 0. The lowest BCUT2D eigenvalue weighted by molar-refractivity contribution is -0.141. The van der Waals surface area contributed by atoms with E-state index < -0.39 is 21.7 Å². The lowest BCUT2D eigenvalue weighted by Gasteiger charge is -2.15. The molecule has 2 unspecified atom stereocenters. The Labute approximate surface area is 91.2 Å². The Kier molecular flexibility index (Phi) is 3.95. The molecule has 0 aromatic heterocycles. The molecule has 0 spiro atoms. The lowest BCUT2D eigenvalue weighted by atomic mass is 10.3. The first-order valence-electron chi connectivity index (χ1n) is 3.45. The molecule has 0 radical (unpaired) electrons. The summed E-state index contributed by atoms with van der Waals surface area (Å²) in [5.41, 5.74) is 0. The molecule has 0 heterocycles. The van der Waals surface area contributed by atoms with Crippen LogP contribution >= 0.6 is 25.3 Å². The molecule has 80 valence electrons. The third-order valence-corrected chi connectivity index (χ3v) is 1.81. The highest BCUT2D eigenvalue weighted by Gasteiger charge is 2.33. The van der Waals surface area contributed by atoms with Gasteiger partial charge in [0.05, 0.1) is 0 Å². The van der Waals surface area contributed by atoms with E-state index >= 15 is 0 Å². The molecule has 0 aromatic carbocycles. The van der Waals surface area contributed by atoms with Gasteiger partial charge >= 0.3 is 11.9 Å². The van der Waals surface area contributed by atoms with Gasteiger partial charge in [0, 0.05) is 0 Å². The number of thiol groups is 2. The van der Waals surface area contributed by atoms with Gasteiger partial charge in [-0.3, -0.25) is 0 Å². The van der Waals surface area contributed by atoms with Crippen LogP contribution in [0.3, 0.4) is 0 Å². The van der Waals surface area contributed by atoms with E-state index in [0.717, 1.165) is 0 Å². The Bertz CT molecular complexity index is 260. The number of carboxylic acid groups (broad SMARTS) is 2. The maximum absolute atomic E-state index is 10.5. The van der Waals surface area contributed by atoms with Gasteiger partial charge in [0.1, 0.15) is 0 Å². The second-order valence-corrected chi connectivity index (χ2v) is 4.59. The highest BCUT2D eigenvalue weighted by Crippen LogP contribution is 2.22. The van der Waals surface area contributed by atoms with Gasteiger partial charge in [0.15, 0.2) is 0 Å². The van der Waals surface area contributed by atoms with E-state index in [9.17, 15) is 9.59 Å². The average Bonchev–Trinajstić information content (AvgIpc) is 2.01. The lowest BCUT2D eigenvalue weighted by Crippen LogP contribution is -2.29. The van der Waals surface area contributed by atoms with Gasteiger partial charge in [-0.2, -0.15) is 10.2 Å². The van der Waals surface area contributed by atoms with Crippen molar-refractivity contribution in [2.75, 3.05) is 0 Å². The standard InChI is InChI=1S/C6H10N2O4S2/c1-5(13,3(9)10)7-8-6(2,14)4(11)12/h13-14H,1-2H3,(H,9,10)(H,11,12). The van der Waals surface area contributed by atoms with E-state index in [-0.39, 0.29) is 0 Å². The van der Waals surface area contributed by atoms with Crippen molar-refractivity contribution >= 4 is 37.2 Å². The molecular weight excluding hydrogens is 228 g/mol. The van der Waals surface area contributed by atoms with Crippen molar-refractivity contribution in [3.63, 3.8) is 0 Å². The van der Waals surface area contributed by atoms with Crippen molar-refractivity contribution in [1.82, 2.24) is 0 Å². The molecule has 8 heteroatoms. The highest BCUT2D eigenvalue weighted by molar-refractivity contribution is 7.83. The van der Waals surface area contributed by atoms with Crippen molar-refractivity contribution in [1.29, 1.82) is 0 Å². The van der Waals surface area contributed by atoms with Gasteiger partial charge in [-0.05, 0) is 13.8 Å². The van der Waals surface area contributed by atoms with Crippen LogP contribution in [-0.4, -0.2) is 31.9 Å². The van der Waals surface area contributed by atoms with Crippen LogP contribution in [0.2, 0.25) is 0 Å². The summed E-state index contributed by atoms with van der Waals surface area (Å²) in [4.78, 5) is 17.5. The van der Waals surface area contributed by atoms with Crippen LogP contribution in [0.4, 0.5) is 0 Å². The fourth-order valence-electron chi connectivity index (χ4n) is 0.280. The normalized spacial score (nSPS) is 20.0. The minimum Gasteiger partial charge on any atom is -0.479 e. The quantitative estimate of drug-likeness (QED) is 0.432. The van der Waals surface area contributed by atoms with E-state index in [2.05, 4.69) is 35.5 Å². The molecule has 0 aliphatic carbocycles. The Morgan fingerprint density at radius 1 is 1.00 bits per heavy atom. The van der Waals surface area contributed by atoms with Crippen LogP contribution in [0.15, 0.2) is 10.2 Å². The predicted octanol–water partition coefficient (Wildman–Crippen LogP) is 0.900. The van der Waals surface area contributed by atoms with E-state index in [1.807, 2.05) is 0 Å². The third-order valence-electron chi connectivity index (χ3n) is 1.25. The molecule has 0 bridgehead atoms. The number of hydrogen-bond acceptors (Lipinski definition) is 6. The summed E-state index contributed by atoms with van der Waals surface area (Å²) < 4.78 is 0. The first-order chi connectivity index (χ1) is 6.09. The molecule has 0 aromatic rings. The summed E-state index contributed by atoms with van der Waals surface area (Å²) >= 11 is 7.35. The largest absolute Gasteiger partial charge is 0.479 e. The Morgan fingerprint density at radius 3 is 1.36 bits per heavy atom. The van der Waals surface area contributed by atoms with E-state index in [0.29, 0.717) is 0 Å². The van der Waals surface area contributed by atoms with Gasteiger partial charge in [-0.1, -0.05) is 0 Å². The molecule has 14 heavy (non-hydrogen) atoms. The number of nitrogens with zero attached hydrogens (tertiary/aromatic N) is 2. The summed E-state index contributed by atoms with van der Waals surface area (Å²) in [6.45, 7) is 2.35. The minimum absolute atomic E-state index is 1.17. The number of aliphatic carboxylic acids is 2. The second-order valence-electron chi connectivity index (χ2n) is 2.85. The van der Waals surface area contributed by atoms with Crippen LogP contribution in [-0.2, 0) is 9.59 Å². The zero-order valence-corrected chi connectivity index (χ0v) is 9.29. The van der Waals surface area contributed by atoms with Crippen molar-refractivity contribution in [3.05, 3.63) is 0 Å². The fraction of sp³-hybridized carbons (Fsp3) is 0.667. The second kappa shape index (κ2) is 4.18. The van der Waals surface area contributed by atoms with Gasteiger partial charge in [0.25, 0.3) is 0 Å². The van der Waals surface area contributed by atoms with E-state index in [1.165, 1.54) is 13.8 Å². The zero-order chi connectivity index (χ0) is 11.6. The topological polar surface area (TPSA) is 99.3 Å². The molecule has 0 fully saturated rings. The molecule has 0 amide bonds. The maximum atomic E-state index is 10.5. The van der Waals surface area contributed by atoms with Gasteiger partial charge in [0.2, 0.25) is 9.74 Å². The summed E-state index contributed by atoms with van der Waals surface area (Å²) in [6.07, 6.45) is 0. The molecule has 6 nitrogen and oxygen atoms in total. The first-order valence-corrected chi connectivity index (χ1v) is 4.34. The van der Waals surface area contributed by atoms with Crippen molar-refractivity contribution < 1.29 is 19.8 Å². The number of rotatable bonds is 4. The average molecular weight is 238 g/mol. The number of azo groups is 1. The van der Waals surface area contributed by atoms with E-state index in [4.69, 9.17) is 10.2 Å². The maximum Gasteiger partial charge on any atom is 0.343 e. The molecule has 2 atom stereocenters. The Hall–Kier alpha value is -0.760. The smallest absolute Gasteiger partial charge is 0.343 e. The van der Waals surface area contributed by atoms with Crippen LogP contribution in [0.1, 0.15) is 13.8 Å². The first kappa shape index (κ1) is 13.2. The molecule has 0 saturated carbocycles. The van der Waals surface area contributed by atoms with E-state index in [1.54, 1.807) is 0 Å². The predicted molar refractivity (Wildman–Crippen MR) is 54.9 cm³/mol. The van der Waals surface area contributed by atoms with Crippen LogP contribution < -0.4 is 0 Å². The van der Waals surface area contributed by atoms with Crippen molar-refractivity contribution in [2.45, 2.75) is 23.6 Å². The SMILES string of the molecule is CC(S)(N=NC(C)(S)C(=O)O)C(=O)O. The van der Waals surface area contributed by atoms with Crippen molar-refractivity contribution in [2.24, 2.45) is 10.2 Å². The minimum atomic E-state index is -1.75. The van der Waals surface area contributed by atoms with Gasteiger partial charge in [-0.25, -0.2) is 9.59 Å². The van der Waals surface area contributed by atoms with Gasteiger partial charge in [-0.15, -0.1) is 25.3 Å². The molecular formula is C6H10N2O4S2. The Balaban J connectivity index is 4.76. The summed E-state index contributed by atoms with van der Waals surface area (Å²) in [5, 5.41) is 23.7. The monoisotopic (exact) mass is 238 g/mol. The molecule has 2 N–H and O–H groups in total. The van der Waals surface area contributed by atoms with Crippen LogP contribution in [0, 0.1) is 0 Å². The zero-order valence-electron chi connectivity index (χ0n) is 7.50. The molecule has 0 aliphatic heterocycles. The van der Waals surface area contributed by atoms with Crippen LogP contribution in [0.25, 0.3) is 0 Å². The van der Waals surface area contributed by atoms with Crippen LogP contribution in [0.5, 0.6) is 0 Å². The molecule has 0 saturated heterocycles. The highest BCUT2D eigenvalue weighted by atomic mass is 32.1. The van der Waals surface area contributed by atoms with Crippen molar-refractivity contribution in [3.8, 4) is 0 Å². The fourth-order valence-corrected chi connectivity index (χ4v) is 0.370. The molecule has 0 aliphatic rings. The number of carbonyl (C=O) groups is 2. The Morgan fingerprint density at radius 2 is 1.21 bits per heavy atom. The number of hydrogen-bond donors (Lipinski definition) is 4. The third kappa shape index (κ3) is 3.54. The molecule has 0 rings (SSSR count). The number of carboxylic acids is 2.